The van der Waals surface area contributed by atoms with Gasteiger partial charge in [0.1, 0.15) is 11.9 Å². The van der Waals surface area contributed by atoms with Gasteiger partial charge in [-0.2, -0.15) is 11.3 Å². The molecule has 0 spiro atoms. The molecule has 90 valence electrons. The minimum Gasteiger partial charge on any atom is -0.496 e. The highest BCUT2D eigenvalue weighted by Gasteiger charge is 2.17. The maximum Gasteiger partial charge on any atom is 0.125 e. The van der Waals surface area contributed by atoms with E-state index in [1.807, 2.05) is 42.8 Å². The molecule has 1 N–H and O–H groups in total. The molecule has 0 amide bonds. The zero-order valence-corrected chi connectivity index (χ0v) is 11.0. The first-order chi connectivity index (χ1) is 8.13. The van der Waals surface area contributed by atoms with Crippen LogP contribution in [0.1, 0.15) is 28.4 Å². The average molecular weight is 248 g/mol. The van der Waals surface area contributed by atoms with Crippen LogP contribution < -0.4 is 4.74 Å². The topological polar surface area (TPSA) is 29.5 Å². The van der Waals surface area contributed by atoms with Gasteiger partial charge in [-0.1, -0.05) is 11.6 Å². The first-order valence-corrected chi connectivity index (χ1v) is 6.43. The highest BCUT2D eigenvalue weighted by atomic mass is 32.1. The summed E-state index contributed by atoms with van der Waals surface area (Å²) in [6.45, 7) is 4.02. The summed E-state index contributed by atoms with van der Waals surface area (Å²) in [6, 6.07) is 5.85. The summed E-state index contributed by atoms with van der Waals surface area (Å²) in [7, 11) is 1.63. The molecule has 17 heavy (non-hydrogen) atoms. The summed E-state index contributed by atoms with van der Waals surface area (Å²) in [6.07, 6.45) is -0.615. The van der Waals surface area contributed by atoms with Crippen molar-refractivity contribution in [3.8, 4) is 5.75 Å². The molecule has 0 aliphatic carbocycles. The molecule has 1 heterocycles. The van der Waals surface area contributed by atoms with Crippen LogP contribution in [-0.4, -0.2) is 12.2 Å². The molecule has 0 aliphatic rings. The number of hydrogen-bond donors (Lipinski definition) is 1. The van der Waals surface area contributed by atoms with Crippen molar-refractivity contribution in [3.63, 3.8) is 0 Å². The number of thiophene rings is 1. The number of ether oxygens (including phenoxy) is 1. The summed E-state index contributed by atoms with van der Waals surface area (Å²) in [5.74, 6) is 0.730. The van der Waals surface area contributed by atoms with Gasteiger partial charge in [0.15, 0.2) is 0 Å². The zero-order valence-electron chi connectivity index (χ0n) is 10.2. The SMILES string of the molecule is COc1ccc(C)cc1C(O)c1cscc1C. The predicted octanol–water partition coefficient (Wildman–Crippen LogP) is 3.46. The van der Waals surface area contributed by atoms with Crippen LogP contribution in [0.5, 0.6) is 5.75 Å². The van der Waals surface area contributed by atoms with Crippen molar-refractivity contribution in [2.45, 2.75) is 20.0 Å². The van der Waals surface area contributed by atoms with Gasteiger partial charge in [0.25, 0.3) is 0 Å². The van der Waals surface area contributed by atoms with Crippen LogP contribution in [0.25, 0.3) is 0 Å². The molecular weight excluding hydrogens is 232 g/mol. The number of rotatable bonds is 3. The molecule has 2 nitrogen and oxygen atoms in total. The Kier molecular flexibility index (Phi) is 3.50. The van der Waals surface area contributed by atoms with Crippen LogP contribution in [0.15, 0.2) is 29.0 Å². The van der Waals surface area contributed by atoms with E-state index in [9.17, 15) is 5.11 Å². The van der Waals surface area contributed by atoms with E-state index < -0.39 is 6.10 Å². The van der Waals surface area contributed by atoms with Crippen LogP contribution in [-0.2, 0) is 0 Å². The third kappa shape index (κ3) is 2.35. The van der Waals surface area contributed by atoms with Gasteiger partial charge >= 0.3 is 0 Å². The highest BCUT2D eigenvalue weighted by Crippen LogP contribution is 2.33. The maximum atomic E-state index is 10.4. The van der Waals surface area contributed by atoms with Crippen molar-refractivity contribution in [2.75, 3.05) is 7.11 Å². The maximum absolute atomic E-state index is 10.4. The molecule has 2 aromatic rings. The Morgan fingerprint density at radius 1 is 1.18 bits per heavy atom. The Balaban J connectivity index is 2.46. The van der Waals surface area contributed by atoms with Gasteiger partial charge < -0.3 is 9.84 Å². The summed E-state index contributed by atoms with van der Waals surface area (Å²) in [5.41, 5.74) is 4.02. The molecule has 0 bridgehead atoms. The predicted molar refractivity (Wildman–Crippen MR) is 70.8 cm³/mol. The molecule has 1 aromatic carbocycles. The van der Waals surface area contributed by atoms with Gasteiger partial charge in [0, 0.05) is 5.56 Å². The molecule has 3 heteroatoms. The van der Waals surface area contributed by atoms with E-state index in [0.717, 1.165) is 28.0 Å². The van der Waals surface area contributed by atoms with Crippen LogP contribution in [0.4, 0.5) is 0 Å². The van der Waals surface area contributed by atoms with E-state index in [0.29, 0.717) is 0 Å². The molecule has 1 atom stereocenters. The molecule has 0 aliphatic heterocycles. The van der Waals surface area contributed by atoms with Crippen LogP contribution in [0.2, 0.25) is 0 Å². The van der Waals surface area contributed by atoms with Crippen LogP contribution in [0, 0.1) is 13.8 Å². The first kappa shape index (κ1) is 12.1. The molecular formula is C14H16O2S. The van der Waals surface area contributed by atoms with Crippen molar-refractivity contribution in [3.05, 3.63) is 51.2 Å². The summed E-state index contributed by atoms with van der Waals surface area (Å²) in [4.78, 5) is 0. The lowest BCUT2D eigenvalue weighted by atomic mass is 9.99. The van der Waals surface area contributed by atoms with Crippen molar-refractivity contribution < 1.29 is 9.84 Å². The molecule has 0 saturated carbocycles. The second-order valence-corrected chi connectivity index (χ2v) is 4.90. The van der Waals surface area contributed by atoms with Gasteiger partial charge in [-0.3, -0.25) is 0 Å². The second-order valence-electron chi connectivity index (χ2n) is 4.16. The van der Waals surface area contributed by atoms with Gasteiger partial charge in [-0.05, 0) is 47.9 Å². The largest absolute Gasteiger partial charge is 0.496 e. The minimum atomic E-state index is -0.615. The third-order valence-electron chi connectivity index (χ3n) is 2.87. The Morgan fingerprint density at radius 3 is 2.53 bits per heavy atom. The van der Waals surface area contributed by atoms with E-state index >= 15 is 0 Å². The normalized spacial score (nSPS) is 12.5. The highest BCUT2D eigenvalue weighted by molar-refractivity contribution is 7.08. The lowest BCUT2D eigenvalue weighted by Crippen LogP contribution is -2.03. The second kappa shape index (κ2) is 4.90. The molecule has 1 aromatic heterocycles. The average Bonchev–Trinajstić information content (AvgIpc) is 2.74. The molecule has 2 rings (SSSR count). The van der Waals surface area contributed by atoms with E-state index in [1.54, 1.807) is 18.4 Å². The van der Waals surface area contributed by atoms with Gasteiger partial charge in [0.05, 0.1) is 7.11 Å². The molecule has 0 fully saturated rings. The Labute approximate surface area is 105 Å². The monoisotopic (exact) mass is 248 g/mol. The van der Waals surface area contributed by atoms with E-state index in [1.165, 1.54) is 0 Å². The van der Waals surface area contributed by atoms with Gasteiger partial charge in [0.2, 0.25) is 0 Å². The van der Waals surface area contributed by atoms with Crippen molar-refractivity contribution >= 4 is 11.3 Å². The summed E-state index contributed by atoms with van der Waals surface area (Å²) in [5, 5.41) is 14.5. The Bertz CT molecular complexity index is 517. The van der Waals surface area contributed by atoms with Crippen molar-refractivity contribution in [1.29, 1.82) is 0 Å². The van der Waals surface area contributed by atoms with E-state index in [-0.39, 0.29) is 0 Å². The quantitative estimate of drug-likeness (QED) is 0.901. The minimum absolute atomic E-state index is 0.615. The van der Waals surface area contributed by atoms with Crippen molar-refractivity contribution in [1.82, 2.24) is 0 Å². The third-order valence-corrected chi connectivity index (χ3v) is 3.75. The van der Waals surface area contributed by atoms with E-state index in [4.69, 9.17) is 4.74 Å². The Morgan fingerprint density at radius 2 is 1.94 bits per heavy atom. The lowest BCUT2D eigenvalue weighted by molar-refractivity contribution is 0.214. The fourth-order valence-corrected chi connectivity index (χ4v) is 2.76. The standard InChI is InChI=1S/C14H16O2S/c1-9-4-5-13(16-3)11(6-9)14(15)12-8-17-7-10(12)2/h4-8,14-15H,1-3H3. The molecule has 0 radical (unpaired) electrons. The number of hydrogen-bond acceptors (Lipinski definition) is 3. The number of methoxy groups -OCH3 is 1. The van der Waals surface area contributed by atoms with Gasteiger partial charge in [-0.25, -0.2) is 0 Å². The zero-order chi connectivity index (χ0) is 12.4. The number of benzene rings is 1. The van der Waals surface area contributed by atoms with Gasteiger partial charge in [-0.15, -0.1) is 0 Å². The number of aliphatic hydroxyl groups is 1. The first-order valence-electron chi connectivity index (χ1n) is 5.48. The molecule has 1 unspecified atom stereocenters. The Hall–Kier alpha value is -1.32. The van der Waals surface area contributed by atoms with Crippen LogP contribution in [0.3, 0.4) is 0 Å². The van der Waals surface area contributed by atoms with Crippen molar-refractivity contribution in [2.24, 2.45) is 0 Å². The van der Waals surface area contributed by atoms with Crippen LogP contribution >= 0.6 is 11.3 Å². The fraction of sp³-hybridized carbons (Fsp3) is 0.286. The number of aliphatic hydroxyl groups excluding tert-OH is 1. The number of aryl methyl sites for hydroxylation is 2. The molecule has 0 saturated heterocycles. The fourth-order valence-electron chi connectivity index (χ4n) is 1.89. The summed E-state index contributed by atoms with van der Waals surface area (Å²) < 4.78 is 5.30. The lowest BCUT2D eigenvalue weighted by Gasteiger charge is -2.15. The smallest absolute Gasteiger partial charge is 0.125 e. The van der Waals surface area contributed by atoms with E-state index in [2.05, 4.69) is 0 Å². The summed E-state index contributed by atoms with van der Waals surface area (Å²) >= 11 is 1.61.